The highest BCUT2D eigenvalue weighted by Gasteiger charge is 2.62. The lowest BCUT2D eigenvalue weighted by atomic mass is 9.70. The van der Waals surface area contributed by atoms with E-state index in [2.05, 4.69) is 0 Å². The minimum atomic E-state index is -0.726. The maximum absolute atomic E-state index is 13.4. The number of esters is 1. The van der Waals surface area contributed by atoms with Crippen molar-refractivity contribution in [2.75, 3.05) is 6.61 Å². The number of rotatable bonds is 5. The van der Waals surface area contributed by atoms with Crippen LogP contribution >= 0.6 is 0 Å². The molecule has 2 aromatic rings. The van der Waals surface area contributed by atoms with Crippen LogP contribution in [0, 0.1) is 5.41 Å². The minimum absolute atomic E-state index is 0.0119. The van der Waals surface area contributed by atoms with Crippen molar-refractivity contribution in [3.8, 4) is 0 Å². The molecule has 1 amide bonds. The smallest absolute Gasteiger partial charge is 0.314 e. The van der Waals surface area contributed by atoms with Crippen molar-refractivity contribution in [2.24, 2.45) is 12.5 Å². The van der Waals surface area contributed by atoms with Crippen molar-refractivity contribution in [1.82, 2.24) is 9.47 Å². The Morgan fingerprint density at radius 2 is 1.90 bits per heavy atom. The number of fused-ring (bicyclic) bond motifs is 2. The molecule has 2 aliphatic heterocycles. The lowest BCUT2D eigenvalue weighted by Crippen LogP contribution is -2.47. The van der Waals surface area contributed by atoms with Crippen molar-refractivity contribution in [3.05, 3.63) is 70.1 Å². The fourth-order valence-corrected chi connectivity index (χ4v) is 5.08. The van der Waals surface area contributed by atoms with E-state index in [1.807, 2.05) is 42.2 Å². The molecule has 1 aromatic heterocycles. The van der Waals surface area contributed by atoms with Crippen molar-refractivity contribution in [2.45, 2.75) is 44.7 Å². The lowest BCUT2D eigenvalue weighted by Gasteiger charge is -2.35. The maximum atomic E-state index is 13.4. The number of pyridine rings is 1. The lowest BCUT2D eigenvalue weighted by molar-refractivity contribution is -0.157. The van der Waals surface area contributed by atoms with E-state index in [0.717, 1.165) is 18.4 Å². The number of hydrogen-bond donors (Lipinski definition) is 0. The number of carbonyl (C=O) groups excluding carboxylic acids is 2. The van der Waals surface area contributed by atoms with Crippen molar-refractivity contribution in [1.29, 1.82) is 0 Å². The molecule has 3 heterocycles. The van der Waals surface area contributed by atoms with Crippen LogP contribution in [-0.2, 0) is 23.0 Å². The van der Waals surface area contributed by atoms with Crippen molar-refractivity contribution in [3.63, 3.8) is 0 Å². The first-order valence-corrected chi connectivity index (χ1v) is 10.2. The standard InChI is InChI=1S/C23H26N2O4/c1-3-29-22(28)23(13-16-7-5-4-6-8-16)14-18-10-11-19(23)25(18)21(27)17-9-12-20(26)24(2)15-17/h4-9,12,15,18-19H,3,10-11,13-14H2,1-2H3/t18-,19+,23+/m1/s1. The van der Waals surface area contributed by atoms with Gasteiger partial charge in [0.15, 0.2) is 0 Å². The monoisotopic (exact) mass is 394 g/mol. The third-order valence-corrected chi connectivity index (χ3v) is 6.35. The molecule has 0 unspecified atom stereocenters. The second-order valence-electron chi connectivity index (χ2n) is 8.07. The molecule has 0 saturated carbocycles. The maximum Gasteiger partial charge on any atom is 0.314 e. The van der Waals surface area contributed by atoms with E-state index in [0.29, 0.717) is 25.0 Å². The fourth-order valence-electron chi connectivity index (χ4n) is 5.08. The molecule has 4 rings (SSSR count). The Morgan fingerprint density at radius 1 is 1.14 bits per heavy atom. The number of carbonyl (C=O) groups is 2. The van der Waals surface area contributed by atoms with E-state index in [1.165, 1.54) is 10.6 Å². The van der Waals surface area contributed by atoms with Crippen LogP contribution in [0.5, 0.6) is 0 Å². The summed E-state index contributed by atoms with van der Waals surface area (Å²) in [5.74, 6) is -0.332. The molecular weight excluding hydrogens is 368 g/mol. The zero-order valence-electron chi connectivity index (χ0n) is 16.8. The van der Waals surface area contributed by atoms with Gasteiger partial charge >= 0.3 is 5.97 Å². The van der Waals surface area contributed by atoms with E-state index in [-0.39, 0.29) is 29.5 Å². The summed E-state index contributed by atoms with van der Waals surface area (Å²) in [6.07, 6.45) is 4.42. The predicted molar refractivity (Wildman–Crippen MR) is 108 cm³/mol. The highest BCUT2D eigenvalue weighted by molar-refractivity contribution is 5.96. The van der Waals surface area contributed by atoms with Gasteiger partial charge in [0.1, 0.15) is 0 Å². The summed E-state index contributed by atoms with van der Waals surface area (Å²) >= 11 is 0. The van der Waals surface area contributed by atoms with Gasteiger partial charge in [0.25, 0.3) is 5.91 Å². The van der Waals surface area contributed by atoms with Crippen LogP contribution < -0.4 is 5.56 Å². The van der Waals surface area contributed by atoms with Crippen LogP contribution in [0.2, 0.25) is 0 Å². The van der Waals surface area contributed by atoms with Gasteiger partial charge in [-0.15, -0.1) is 0 Å². The Bertz CT molecular complexity index is 984. The van der Waals surface area contributed by atoms with Gasteiger partial charge in [0.2, 0.25) is 5.56 Å². The normalized spacial score (nSPS) is 25.2. The highest BCUT2D eigenvalue weighted by atomic mass is 16.5. The quantitative estimate of drug-likeness (QED) is 0.731. The first-order valence-electron chi connectivity index (χ1n) is 10.2. The molecule has 2 bridgehead atoms. The number of nitrogens with zero attached hydrogens (tertiary/aromatic N) is 2. The summed E-state index contributed by atoms with van der Waals surface area (Å²) in [5.41, 5.74) is 0.665. The molecule has 2 saturated heterocycles. The summed E-state index contributed by atoms with van der Waals surface area (Å²) in [7, 11) is 1.63. The molecule has 152 valence electrons. The van der Waals surface area contributed by atoms with Crippen LogP contribution in [-0.4, -0.2) is 40.0 Å². The summed E-state index contributed by atoms with van der Waals surface area (Å²) in [5, 5.41) is 0. The van der Waals surface area contributed by atoms with Gasteiger partial charge < -0.3 is 14.2 Å². The predicted octanol–water partition coefficient (Wildman–Crippen LogP) is 2.55. The summed E-state index contributed by atoms with van der Waals surface area (Å²) in [6.45, 7) is 2.14. The van der Waals surface area contributed by atoms with Gasteiger partial charge in [-0.1, -0.05) is 30.3 Å². The minimum Gasteiger partial charge on any atom is -0.465 e. The highest BCUT2D eigenvalue weighted by Crippen LogP contribution is 2.52. The van der Waals surface area contributed by atoms with Crippen molar-refractivity contribution >= 4 is 11.9 Å². The Hall–Kier alpha value is -2.89. The molecule has 0 spiro atoms. The van der Waals surface area contributed by atoms with Crippen LogP contribution in [0.3, 0.4) is 0 Å². The number of aromatic nitrogens is 1. The van der Waals surface area contributed by atoms with Gasteiger partial charge in [0, 0.05) is 31.4 Å². The van der Waals surface area contributed by atoms with Crippen LogP contribution in [0.1, 0.15) is 42.1 Å². The van der Waals surface area contributed by atoms with E-state index in [4.69, 9.17) is 4.74 Å². The average Bonchev–Trinajstić information content (AvgIpc) is 3.27. The Labute approximate surface area is 170 Å². The topological polar surface area (TPSA) is 68.6 Å². The van der Waals surface area contributed by atoms with Gasteiger partial charge in [-0.3, -0.25) is 14.4 Å². The molecule has 29 heavy (non-hydrogen) atoms. The van der Waals surface area contributed by atoms with Crippen LogP contribution in [0.15, 0.2) is 53.5 Å². The molecule has 6 nitrogen and oxygen atoms in total. The Balaban J connectivity index is 1.69. The molecule has 3 atom stereocenters. The SMILES string of the molecule is CCOC(=O)[C@@]1(Cc2ccccc2)C[C@H]2CC[C@@H]1N2C(=O)c1ccc(=O)n(C)c1. The van der Waals surface area contributed by atoms with Gasteiger partial charge in [-0.2, -0.15) is 0 Å². The largest absolute Gasteiger partial charge is 0.465 e. The summed E-state index contributed by atoms with van der Waals surface area (Å²) in [6, 6.07) is 12.7. The second kappa shape index (κ2) is 7.50. The fraction of sp³-hybridized carbons (Fsp3) is 0.435. The molecule has 1 aromatic carbocycles. The molecule has 0 N–H and O–H groups in total. The zero-order valence-corrected chi connectivity index (χ0v) is 16.8. The Kier molecular flexibility index (Phi) is 5.03. The average molecular weight is 394 g/mol. The van der Waals surface area contributed by atoms with E-state index >= 15 is 0 Å². The first kappa shape index (κ1) is 19.4. The molecule has 6 heteroatoms. The molecule has 2 fully saturated rings. The third kappa shape index (κ3) is 3.26. The van der Waals surface area contributed by atoms with E-state index in [9.17, 15) is 14.4 Å². The number of hydrogen-bond acceptors (Lipinski definition) is 4. The van der Waals surface area contributed by atoms with Gasteiger partial charge in [0.05, 0.1) is 17.6 Å². The van der Waals surface area contributed by atoms with E-state index < -0.39 is 5.41 Å². The summed E-state index contributed by atoms with van der Waals surface area (Å²) in [4.78, 5) is 40.1. The number of ether oxygens (including phenoxy) is 1. The van der Waals surface area contributed by atoms with Gasteiger partial charge in [-0.05, 0) is 44.2 Å². The van der Waals surface area contributed by atoms with E-state index in [1.54, 1.807) is 19.3 Å². The Morgan fingerprint density at radius 3 is 2.59 bits per heavy atom. The van der Waals surface area contributed by atoms with Crippen LogP contribution in [0.25, 0.3) is 0 Å². The molecule has 0 aliphatic carbocycles. The third-order valence-electron chi connectivity index (χ3n) is 6.35. The summed E-state index contributed by atoms with van der Waals surface area (Å²) < 4.78 is 6.91. The second-order valence-corrected chi connectivity index (χ2v) is 8.07. The zero-order chi connectivity index (χ0) is 20.6. The number of amides is 1. The molecule has 2 aliphatic rings. The molecule has 0 radical (unpaired) electrons. The van der Waals surface area contributed by atoms with Crippen molar-refractivity contribution < 1.29 is 14.3 Å². The molecular formula is C23H26N2O4. The van der Waals surface area contributed by atoms with Gasteiger partial charge in [-0.25, -0.2) is 0 Å². The number of benzene rings is 1. The number of aryl methyl sites for hydroxylation is 1. The first-order chi connectivity index (χ1) is 14.0. The van der Waals surface area contributed by atoms with Crippen LogP contribution in [0.4, 0.5) is 0 Å².